The molecule has 0 radical (unpaired) electrons. The predicted octanol–water partition coefficient (Wildman–Crippen LogP) is 0.0175. The molecule has 1 amide bonds. The first-order valence-corrected chi connectivity index (χ1v) is 6.33. The van der Waals surface area contributed by atoms with Gasteiger partial charge in [0, 0.05) is 25.7 Å². The molecule has 1 saturated carbocycles. The van der Waals surface area contributed by atoms with Crippen LogP contribution in [-0.2, 0) is 9.53 Å². The van der Waals surface area contributed by atoms with Crippen molar-refractivity contribution < 1.29 is 14.6 Å². The maximum absolute atomic E-state index is 12.0. The molecule has 0 bridgehead atoms. The fourth-order valence-electron chi connectivity index (χ4n) is 2.25. The number of aliphatic hydroxyl groups excluding tert-OH is 1. The summed E-state index contributed by atoms with van der Waals surface area (Å²) < 4.78 is 5.02. The second-order valence-electron chi connectivity index (χ2n) is 4.78. The van der Waals surface area contributed by atoms with Gasteiger partial charge in [0.1, 0.15) is 0 Å². The second-order valence-corrected chi connectivity index (χ2v) is 4.78. The number of carbonyl (C=O) groups excluding carboxylic acids is 1. The van der Waals surface area contributed by atoms with E-state index in [1.807, 2.05) is 0 Å². The number of aliphatic hydroxyl groups is 1. The molecule has 0 heterocycles. The van der Waals surface area contributed by atoms with Gasteiger partial charge in [0.2, 0.25) is 5.91 Å². The minimum Gasteiger partial charge on any atom is -0.396 e. The highest BCUT2D eigenvalue weighted by Gasteiger charge is 2.25. The van der Waals surface area contributed by atoms with Gasteiger partial charge in [-0.1, -0.05) is 0 Å². The average molecular weight is 244 g/mol. The van der Waals surface area contributed by atoms with Crippen molar-refractivity contribution in [3.63, 3.8) is 0 Å². The summed E-state index contributed by atoms with van der Waals surface area (Å²) in [4.78, 5) is 12.0. The zero-order valence-electron chi connectivity index (χ0n) is 10.5. The zero-order valence-corrected chi connectivity index (χ0v) is 10.5. The molecule has 1 fully saturated rings. The SMILES string of the molecule is COCC(CCO)NC(=O)C1CCC(N)CC1. The van der Waals surface area contributed by atoms with Gasteiger partial charge in [0.15, 0.2) is 0 Å². The van der Waals surface area contributed by atoms with Crippen molar-refractivity contribution in [2.45, 2.75) is 44.2 Å². The molecule has 5 heteroatoms. The van der Waals surface area contributed by atoms with E-state index in [4.69, 9.17) is 15.6 Å². The van der Waals surface area contributed by atoms with Gasteiger partial charge in [-0.05, 0) is 32.1 Å². The molecule has 0 aromatic rings. The number of hydrogen-bond donors (Lipinski definition) is 3. The maximum atomic E-state index is 12.0. The second kappa shape index (κ2) is 7.63. The van der Waals surface area contributed by atoms with Crippen molar-refractivity contribution in [3.05, 3.63) is 0 Å². The Bertz CT molecular complexity index is 222. The molecular weight excluding hydrogens is 220 g/mol. The van der Waals surface area contributed by atoms with Crippen molar-refractivity contribution in [1.29, 1.82) is 0 Å². The highest BCUT2D eigenvalue weighted by Crippen LogP contribution is 2.23. The number of methoxy groups -OCH3 is 1. The third kappa shape index (κ3) is 5.02. The van der Waals surface area contributed by atoms with Crippen molar-refractivity contribution in [3.8, 4) is 0 Å². The molecule has 100 valence electrons. The number of hydrogen-bond acceptors (Lipinski definition) is 4. The molecule has 5 nitrogen and oxygen atoms in total. The van der Waals surface area contributed by atoms with Crippen molar-refractivity contribution in [2.75, 3.05) is 20.3 Å². The number of nitrogens with two attached hydrogens (primary N) is 1. The smallest absolute Gasteiger partial charge is 0.223 e. The van der Waals surface area contributed by atoms with Gasteiger partial charge < -0.3 is 20.9 Å². The lowest BCUT2D eigenvalue weighted by molar-refractivity contribution is -0.127. The molecule has 0 spiro atoms. The van der Waals surface area contributed by atoms with Crippen molar-refractivity contribution >= 4 is 5.91 Å². The van der Waals surface area contributed by atoms with E-state index in [2.05, 4.69) is 5.32 Å². The van der Waals surface area contributed by atoms with Crippen LogP contribution in [0.5, 0.6) is 0 Å². The van der Waals surface area contributed by atoms with Gasteiger partial charge >= 0.3 is 0 Å². The fourth-order valence-corrected chi connectivity index (χ4v) is 2.25. The summed E-state index contributed by atoms with van der Waals surface area (Å²) in [5, 5.41) is 11.8. The number of carbonyl (C=O) groups is 1. The minimum absolute atomic E-state index is 0.0594. The Kier molecular flexibility index (Phi) is 6.47. The lowest BCUT2D eigenvalue weighted by Gasteiger charge is -2.27. The summed E-state index contributed by atoms with van der Waals surface area (Å²) in [7, 11) is 1.59. The molecule has 0 aromatic carbocycles. The molecular formula is C12H24N2O3. The van der Waals surface area contributed by atoms with Gasteiger partial charge in [-0.25, -0.2) is 0 Å². The van der Waals surface area contributed by atoms with E-state index in [1.165, 1.54) is 0 Å². The minimum atomic E-state index is -0.0897. The van der Waals surface area contributed by atoms with Gasteiger partial charge in [0.05, 0.1) is 12.6 Å². The molecule has 1 aliphatic carbocycles. The van der Waals surface area contributed by atoms with Gasteiger partial charge in [-0.15, -0.1) is 0 Å². The van der Waals surface area contributed by atoms with Gasteiger partial charge in [-0.2, -0.15) is 0 Å². The van der Waals surface area contributed by atoms with Gasteiger partial charge in [0.25, 0.3) is 0 Å². The molecule has 1 aliphatic rings. The van der Waals surface area contributed by atoms with Crippen LogP contribution in [0.4, 0.5) is 0 Å². The third-order valence-corrected chi connectivity index (χ3v) is 3.33. The topological polar surface area (TPSA) is 84.6 Å². The van der Waals surface area contributed by atoms with Crippen LogP contribution in [0.25, 0.3) is 0 Å². The van der Waals surface area contributed by atoms with Crippen molar-refractivity contribution in [1.82, 2.24) is 5.32 Å². The molecule has 0 aliphatic heterocycles. The third-order valence-electron chi connectivity index (χ3n) is 3.33. The highest BCUT2D eigenvalue weighted by molar-refractivity contribution is 5.79. The first-order valence-electron chi connectivity index (χ1n) is 6.33. The van der Waals surface area contributed by atoms with Crippen LogP contribution >= 0.6 is 0 Å². The summed E-state index contributed by atoms with van der Waals surface area (Å²) >= 11 is 0. The van der Waals surface area contributed by atoms with Crippen LogP contribution in [-0.4, -0.2) is 43.4 Å². The molecule has 0 saturated heterocycles. The molecule has 4 N–H and O–H groups in total. The van der Waals surface area contributed by atoms with Crippen LogP contribution in [0.1, 0.15) is 32.1 Å². The number of ether oxygens (including phenoxy) is 1. The number of amides is 1. The van der Waals surface area contributed by atoms with Crippen LogP contribution in [0.3, 0.4) is 0 Å². The summed E-state index contributed by atoms with van der Waals surface area (Å²) in [6, 6.07) is 0.166. The number of rotatable bonds is 6. The Morgan fingerprint density at radius 3 is 2.65 bits per heavy atom. The number of nitrogens with one attached hydrogen (secondary N) is 1. The molecule has 1 unspecified atom stereocenters. The maximum Gasteiger partial charge on any atom is 0.223 e. The average Bonchev–Trinajstić information content (AvgIpc) is 2.30. The first kappa shape index (κ1) is 14.4. The summed E-state index contributed by atoms with van der Waals surface area (Å²) in [5.74, 6) is 0.153. The quantitative estimate of drug-likeness (QED) is 0.615. The Labute approximate surface area is 103 Å². The predicted molar refractivity (Wildman–Crippen MR) is 65.4 cm³/mol. The van der Waals surface area contributed by atoms with Crippen molar-refractivity contribution in [2.24, 2.45) is 11.7 Å². The molecule has 0 aromatic heterocycles. The van der Waals surface area contributed by atoms with E-state index >= 15 is 0 Å². The fraction of sp³-hybridized carbons (Fsp3) is 0.917. The van der Waals surface area contributed by atoms with E-state index in [9.17, 15) is 4.79 Å². The van der Waals surface area contributed by atoms with Crippen LogP contribution in [0, 0.1) is 5.92 Å². The van der Waals surface area contributed by atoms with E-state index in [1.54, 1.807) is 7.11 Å². The zero-order chi connectivity index (χ0) is 12.7. The Balaban J connectivity index is 2.35. The van der Waals surface area contributed by atoms with E-state index in [-0.39, 0.29) is 30.5 Å². The van der Waals surface area contributed by atoms with Crippen LogP contribution in [0.15, 0.2) is 0 Å². The normalized spacial score (nSPS) is 26.5. The van der Waals surface area contributed by atoms with E-state index < -0.39 is 0 Å². The molecule has 1 atom stereocenters. The Hall–Kier alpha value is -0.650. The Morgan fingerprint density at radius 2 is 2.12 bits per heavy atom. The lowest BCUT2D eigenvalue weighted by Crippen LogP contribution is -2.43. The summed E-state index contributed by atoms with van der Waals surface area (Å²) in [6.07, 6.45) is 4.11. The summed E-state index contributed by atoms with van der Waals surface area (Å²) in [5.41, 5.74) is 5.81. The lowest BCUT2D eigenvalue weighted by atomic mass is 9.86. The summed E-state index contributed by atoms with van der Waals surface area (Å²) in [6.45, 7) is 0.502. The monoisotopic (exact) mass is 244 g/mol. The van der Waals surface area contributed by atoms with Gasteiger partial charge in [-0.3, -0.25) is 4.79 Å². The van der Waals surface area contributed by atoms with Crippen LogP contribution < -0.4 is 11.1 Å². The largest absolute Gasteiger partial charge is 0.396 e. The molecule has 1 rings (SSSR count). The molecule has 17 heavy (non-hydrogen) atoms. The highest BCUT2D eigenvalue weighted by atomic mass is 16.5. The van der Waals surface area contributed by atoms with E-state index in [0.29, 0.717) is 13.0 Å². The van der Waals surface area contributed by atoms with Crippen LogP contribution in [0.2, 0.25) is 0 Å². The Morgan fingerprint density at radius 1 is 1.47 bits per heavy atom. The first-order chi connectivity index (χ1) is 8.17. The van der Waals surface area contributed by atoms with E-state index in [0.717, 1.165) is 25.7 Å². The standard InChI is InChI=1S/C12H24N2O3/c1-17-8-11(6-7-15)14-12(16)9-2-4-10(13)5-3-9/h9-11,15H,2-8,13H2,1H3,(H,14,16).